The maximum Gasteiger partial charge on any atom is 0.135 e. The molecule has 0 saturated heterocycles. The number of hydrogen-bond donors (Lipinski definition) is 0. The van der Waals surface area contributed by atoms with Gasteiger partial charge in [0, 0.05) is 21.5 Å². The summed E-state index contributed by atoms with van der Waals surface area (Å²) in [5.74, 6) is 1.01. The molecule has 3 aromatic carbocycles. The first-order valence-corrected chi connectivity index (χ1v) is 12.7. The van der Waals surface area contributed by atoms with E-state index in [1.807, 2.05) is 13.8 Å². The van der Waals surface area contributed by atoms with Crippen LogP contribution in [0.2, 0.25) is 5.02 Å². The van der Waals surface area contributed by atoms with Crippen LogP contribution in [0.25, 0.3) is 45.4 Å². The zero-order valence-electron chi connectivity index (χ0n) is 20.9. The third kappa shape index (κ3) is 4.13. The lowest BCUT2D eigenvalue weighted by atomic mass is 9.90. The molecule has 0 amide bonds. The Balaban J connectivity index is 0.000000689. The molecule has 0 radical (unpaired) electrons. The van der Waals surface area contributed by atoms with Crippen molar-refractivity contribution in [1.29, 1.82) is 0 Å². The van der Waals surface area contributed by atoms with Crippen LogP contribution >= 0.6 is 11.6 Å². The molecule has 176 valence electrons. The number of hydrogen-bond acceptors (Lipinski definition) is 1. The van der Waals surface area contributed by atoms with Gasteiger partial charge in [-0.1, -0.05) is 67.9 Å². The van der Waals surface area contributed by atoms with Gasteiger partial charge in [-0.05, 0) is 96.3 Å². The smallest absolute Gasteiger partial charge is 0.135 e. The van der Waals surface area contributed by atoms with Gasteiger partial charge in [-0.25, -0.2) is 0 Å². The molecule has 1 nitrogen and oxygen atoms in total. The van der Waals surface area contributed by atoms with E-state index in [1.54, 1.807) is 0 Å². The summed E-state index contributed by atoms with van der Waals surface area (Å²) in [6, 6.07) is 15.3. The van der Waals surface area contributed by atoms with E-state index in [0.717, 1.165) is 35.6 Å². The molecule has 2 aliphatic carbocycles. The van der Waals surface area contributed by atoms with Gasteiger partial charge in [0.25, 0.3) is 0 Å². The van der Waals surface area contributed by atoms with Gasteiger partial charge in [0.2, 0.25) is 0 Å². The predicted octanol–water partition coefficient (Wildman–Crippen LogP) is 9.90. The zero-order chi connectivity index (χ0) is 25.1. The zero-order valence-corrected chi connectivity index (χ0v) is 21.7. The van der Waals surface area contributed by atoms with Crippen LogP contribution in [-0.4, -0.2) is 0 Å². The number of rotatable bonds is 2. The highest BCUT2D eigenvalue weighted by molar-refractivity contribution is 6.34. The highest BCUT2D eigenvalue weighted by Crippen LogP contribution is 2.48. The summed E-state index contributed by atoms with van der Waals surface area (Å²) < 4.78 is 6.20. The number of terminal acetylenes is 1. The van der Waals surface area contributed by atoms with E-state index in [2.05, 4.69) is 93.5 Å². The maximum atomic E-state index is 6.79. The molecule has 35 heavy (non-hydrogen) atoms. The van der Waals surface area contributed by atoms with Gasteiger partial charge in [-0.15, -0.1) is 12.8 Å². The van der Waals surface area contributed by atoms with Gasteiger partial charge < -0.3 is 4.42 Å². The first-order chi connectivity index (χ1) is 17.2. The minimum absolute atomic E-state index is 0.831. The highest BCUT2D eigenvalue weighted by Gasteiger charge is 2.27. The topological polar surface area (TPSA) is 13.1 Å². The lowest BCUT2D eigenvalue weighted by Gasteiger charge is -2.13. The fourth-order valence-electron chi connectivity index (χ4n) is 5.32. The van der Waals surface area contributed by atoms with Crippen LogP contribution in [0.15, 0.2) is 59.0 Å². The van der Waals surface area contributed by atoms with E-state index in [4.69, 9.17) is 16.0 Å². The van der Waals surface area contributed by atoms with Crippen molar-refractivity contribution in [1.82, 2.24) is 0 Å². The first kappa shape index (κ1) is 24.6. The molecule has 0 fully saturated rings. The largest absolute Gasteiger partial charge is 0.456 e. The number of furan rings is 1. The molecule has 4 aromatic rings. The molecule has 0 spiro atoms. The van der Waals surface area contributed by atoms with Crippen LogP contribution in [0.5, 0.6) is 0 Å². The number of benzene rings is 3. The summed E-state index contributed by atoms with van der Waals surface area (Å²) in [6.45, 7) is 8.25. The van der Waals surface area contributed by atoms with E-state index < -0.39 is 0 Å². The molecule has 1 aromatic heterocycles. The summed E-state index contributed by atoms with van der Waals surface area (Å²) in [5, 5.41) is 2.09. The summed E-state index contributed by atoms with van der Waals surface area (Å²) in [7, 11) is 0. The average molecular weight is 479 g/mol. The summed E-state index contributed by atoms with van der Waals surface area (Å²) in [5.41, 5.74) is 12.5. The van der Waals surface area contributed by atoms with Crippen molar-refractivity contribution in [3.8, 4) is 35.1 Å². The molecule has 0 saturated carbocycles. The van der Waals surface area contributed by atoms with E-state index >= 15 is 0 Å². The lowest BCUT2D eigenvalue weighted by molar-refractivity contribution is 0.595. The molecular formula is C33H31ClO. The van der Waals surface area contributed by atoms with Gasteiger partial charge in [0.1, 0.15) is 11.3 Å². The van der Waals surface area contributed by atoms with Gasteiger partial charge >= 0.3 is 0 Å². The first-order valence-electron chi connectivity index (χ1n) is 12.3. The van der Waals surface area contributed by atoms with Crippen molar-refractivity contribution in [2.75, 3.05) is 0 Å². The Morgan fingerprint density at radius 3 is 2.54 bits per heavy atom. The molecule has 6 rings (SSSR count). The van der Waals surface area contributed by atoms with Crippen LogP contribution in [0.1, 0.15) is 60.8 Å². The van der Waals surface area contributed by atoms with Gasteiger partial charge in [-0.3, -0.25) is 0 Å². The van der Waals surface area contributed by atoms with Crippen LogP contribution in [0, 0.1) is 19.8 Å². The minimum Gasteiger partial charge on any atom is -0.456 e. The Morgan fingerprint density at radius 1 is 0.971 bits per heavy atom. The molecule has 0 bridgehead atoms. The van der Waals surface area contributed by atoms with E-state index in [-0.39, 0.29) is 0 Å². The number of fused-ring (bicyclic) bond motifs is 6. The number of allylic oxidation sites excluding steroid dienone is 2. The Kier molecular flexibility index (Phi) is 7.34. The van der Waals surface area contributed by atoms with Crippen molar-refractivity contribution in [2.24, 2.45) is 0 Å². The van der Waals surface area contributed by atoms with Crippen LogP contribution in [0.3, 0.4) is 0 Å². The van der Waals surface area contributed by atoms with E-state index in [9.17, 15) is 0 Å². The second-order valence-corrected chi connectivity index (χ2v) is 8.96. The molecule has 2 aliphatic rings. The van der Waals surface area contributed by atoms with Crippen molar-refractivity contribution < 1.29 is 4.42 Å². The average Bonchev–Trinajstić information content (AvgIpc) is 3.46. The summed E-state index contributed by atoms with van der Waals surface area (Å²) >= 11 is 6.79. The molecular weight excluding hydrogens is 448 g/mol. The van der Waals surface area contributed by atoms with Crippen LogP contribution in [-0.2, 0) is 12.8 Å². The number of aryl methyl sites for hydroxylation is 2. The van der Waals surface area contributed by atoms with Crippen molar-refractivity contribution >= 4 is 34.7 Å². The monoisotopic (exact) mass is 478 g/mol. The molecule has 2 heteroatoms. The Bertz CT molecular complexity index is 1480. The van der Waals surface area contributed by atoms with E-state index in [0.29, 0.717) is 0 Å². The Morgan fingerprint density at radius 2 is 1.77 bits per heavy atom. The fourth-order valence-corrected chi connectivity index (χ4v) is 5.59. The van der Waals surface area contributed by atoms with Gasteiger partial charge in [0.05, 0.1) is 0 Å². The normalized spacial score (nSPS) is 12.9. The van der Waals surface area contributed by atoms with Crippen molar-refractivity contribution in [2.45, 2.75) is 47.0 Å². The highest BCUT2D eigenvalue weighted by atomic mass is 35.5. The Hall–Kier alpha value is -3.47. The SMILES string of the molecule is C#C.C/C=C\c1cc2c(cc1C)Cc1c(-c3cccc4oc5c(c34)CCC=C5)ccc(Cl)c1-2.CC. The molecule has 0 atom stereocenters. The lowest BCUT2D eigenvalue weighted by Crippen LogP contribution is -1.93. The second kappa shape index (κ2) is 10.4. The maximum absolute atomic E-state index is 6.79. The number of halogens is 1. The molecule has 0 unspecified atom stereocenters. The second-order valence-electron chi connectivity index (χ2n) is 8.56. The van der Waals surface area contributed by atoms with E-state index in [1.165, 1.54) is 55.5 Å². The van der Waals surface area contributed by atoms with Gasteiger partial charge in [-0.2, -0.15) is 0 Å². The Labute approximate surface area is 214 Å². The third-order valence-corrected chi connectivity index (χ3v) is 7.02. The molecule has 0 N–H and O–H groups in total. The van der Waals surface area contributed by atoms with Crippen molar-refractivity contribution in [3.63, 3.8) is 0 Å². The van der Waals surface area contributed by atoms with Crippen LogP contribution < -0.4 is 0 Å². The molecule has 1 heterocycles. The predicted molar refractivity (Wildman–Crippen MR) is 153 cm³/mol. The molecule has 0 aliphatic heterocycles. The summed E-state index contributed by atoms with van der Waals surface area (Å²) in [4.78, 5) is 0. The van der Waals surface area contributed by atoms with Crippen LogP contribution in [0.4, 0.5) is 0 Å². The third-order valence-electron chi connectivity index (χ3n) is 6.70. The van der Waals surface area contributed by atoms with Crippen molar-refractivity contribution in [3.05, 3.63) is 93.2 Å². The minimum atomic E-state index is 0.831. The van der Waals surface area contributed by atoms with Gasteiger partial charge in [0.15, 0.2) is 0 Å². The standard InChI is InChI=1S/C29H23ClO.C2H6.C2H2/c1-3-7-18-15-23-19(14-17(18)2)16-24-20(12-13-25(30)28(23)24)21-9-6-11-27-29(21)22-8-4-5-10-26(22)31-27;2*1-2/h3,5-7,9-15H,4,8,16H2,1-2H3;1-2H3;1-2H/b7-3-;;. The summed E-state index contributed by atoms with van der Waals surface area (Å²) in [6.07, 6.45) is 19.6. The fraction of sp³-hybridized carbons (Fsp3) is 0.212. The quantitative estimate of drug-likeness (QED) is 0.230.